The second-order valence-corrected chi connectivity index (χ2v) is 6.23. The van der Waals surface area contributed by atoms with E-state index >= 15 is 0 Å². The summed E-state index contributed by atoms with van der Waals surface area (Å²) in [6, 6.07) is 15.3. The van der Waals surface area contributed by atoms with E-state index in [1.807, 2.05) is 62.4 Å². The van der Waals surface area contributed by atoms with Crippen LogP contribution >= 0.6 is 11.6 Å². The molecule has 0 aliphatic carbocycles. The van der Waals surface area contributed by atoms with Gasteiger partial charge in [-0.2, -0.15) is 5.10 Å². The molecule has 0 bridgehead atoms. The molecule has 3 aromatic rings. The molecule has 0 saturated heterocycles. The van der Waals surface area contributed by atoms with Crippen LogP contribution in [0.5, 0.6) is 0 Å². The van der Waals surface area contributed by atoms with Gasteiger partial charge < -0.3 is 4.74 Å². The van der Waals surface area contributed by atoms with E-state index in [4.69, 9.17) is 16.3 Å². The summed E-state index contributed by atoms with van der Waals surface area (Å²) >= 11 is 5.98. The van der Waals surface area contributed by atoms with Gasteiger partial charge in [0.05, 0.1) is 18.0 Å². The van der Waals surface area contributed by atoms with Gasteiger partial charge in [0.1, 0.15) is 0 Å². The molecule has 1 aromatic heterocycles. The summed E-state index contributed by atoms with van der Waals surface area (Å²) in [5.41, 5.74) is 4.82. The number of hydrogen-bond donors (Lipinski definition) is 0. The molecule has 5 heteroatoms. The summed E-state index contributed by atoms with van der Waals surface area (Å²) in [5.74, 6) is -0.381. The van der Waals surface area contributed by atoms with Crippen molar-refractivity contribution in [1.29, 1.82) is 0 Å². The van der Waals surface area contributed by atoms with Gasteiger partial charge in [0.2, 0.25) is 0 Å². The molecule has 2 aromatic carbocycles. The fraction of sp³-hybridized carbons (Fsp3) is 0.200. The van der Waals surface area contributed by atoms with Crippen LogP contribution in [0.2, 0.25) is 5.02 Å². The fourth-order valence-electron chi connectivity index (χ4n) is 2.69. The first-order valence-corrected chi connectivity index (χ1v) is 8.48. The third-order valence-corrected chi connectivity index (χ3v) is 4.24. The number of rotatable bonds is 4. The molecular formula is C20H19ClN2O2. The predicted molar refractivity (Wildman–Crippen MR) is 99.4 cm³/mol. The molecule has 0 amide bonds. The Kier molecular flexibility index (Phi) is 4.91. The Hall–Kier alpha value is -2.59. The number of carbonyl (C=O) groups excluding carboxylic acids is 1. The van der Waals surface area contributed by atoms with Gasteiger partial charge >= 0.3 is 5.97 Å². The van der Waals surface area contributed by atoms with E-state index in [2.05, 4.69) is 5.10 Å². The number of aryl methyl sites for hydroxylation is 1. The summed E-state index contributed by atoms with van der Waals surface area (Å²) in [4.78, 5) is 12.5. The normalized spacial score (nSPS) is 10.7. The summed E-state index contributed by atoms with van der Waals surface area (Å²) in [7, 11) is 0. The van der Waals surface area contributed by atoms with Crippen LogP contribution in [-0.4, -0.2) is 22.4 Å². The number of benzene rings is 2. The SMILES string of the molecule is CCOC(=O)c1c(C)c(-c2ccc(Cl)cc2)nn1-c1ccc(C)cc1. The Bertz CT molecular complexity index is 897. The second-order valence-electron chi connectivity index (χ2n) is 5.80. The number of aromatic nitrogens is 2. The summed E-state index contributed by atoms with van der Waals surface area (Å²) in [6.07, 6.45) is 0. The van der Waals surface area contributed by atoms with Crippen LogP contribution in [0.4, 0.5) is 0 Å². The lowest BCUT2D eigenvalue weighted by Gasteiger charge is -2.08. The molecule has 3 rings (SSSR count). The lowest BCUT2D eigenvalue weighted by atomic mass is 10.1. The number of nitrogens with zero attached hydrogens (tertiary/aromatic N) is 2. The number of ether oxygens (including phenoxy) is 1. The van der Waals surface area contributed by atoms with Crippen molar-refractivity contribution in [3.8, 4) is 16.9 Å². The van der Waals surface area contributed by atoms with E-state index in [-0.39, 0.29) is 5.97 Å². The topological polar surface area (TPSA) is 44.1 Å². The van der Waals surface area contributed by atoms with E-state index in [1.165, 1.54) is 0 Å². The van der Waals surface area contributed by atoms with Crippen molar-refractivity contribution in [2.45, 2.75) is 20.8 Å². The lowest BCUT2D eigenvalue weighted by molar-refractivity contribution is 0.0515. The van der Waals surface area contributed by atoms with Crippen molar-refractivity contribution >= 4 is 17.6 Å². The highest BCUT2D eigenvalue weighted by atomic mass is 35.5. The second kappa shape index (κ2) is 7.11. The standard InChI is InChI=1S/C20H19ClN2O2/c1-4-25-20(24)19-14(3)18(15-7-9-16(21)10-8-15)22-23(19)17-11-5-13(2)6-12-17/h5-12H,4H2,1-3H3. The lowest BCUT2D eigenvalue weighted by Crippen LogP contribution is -2.13. The van der Waals surface area contributed by atoms with Crippen LogP contribution in [0.1, 0.15) is 28.5 Å². The molecule has 0 saturated carbocycles. The molecule has 0 fully saturated rings. The number of hydrogen-bond acceptors (Lipinski definition) is 3. The zero-order valence-corrected chi connectivity index (χ0v) is 15.2. The minimum Gasteiger partial charge on any atom is -0.461 e. The first-order chi connectivity index (χ1) is 12.0. The molecule has 0 N–H and O–H groups in total. The van der Waals surface area contributed by atoms with Gasteiger partial charge in [-0.05, 0) is 45.0 Å². The van der Waals surface area contributed by atoms with Crippen molar-refractivity contribution in [3.63, 3.8) is 0 Å². The van der Waals surface area contributed by atoms with Gasteiger partial charge in [-0.25, -0.2) is 9.48 Å². The molecule has 128 valence electrons. The average Bonchev–Trinajstić information content (AvgIpc) is 2.94. The van der Waals surface area contributed by atoms with Crippen LogP contribution < -0.4 is 0 Å². The van der Waals surface area contributed by atoms with Gasteiger partial charge in [-0.1, -0.05) is 41.4 Å². The highest BCUT2D eigenvalue weighted by molar-refractivity contribution is 6.30. The van der Waals surface area contributed by atoms with Crippen molar-refractivity contribution in [1.82, 2.24) is 9.78 Å². The fourth-order valence-corrected chi connectivity index (χ4v) is 2.82. The molecule has 0 aliphatic heterocycles. The number of esters is 1. The van der Waals surface area contributed by atoms with Gasteiger partial charge in [0, 0.05) is 16.1 Å². The molecule has 0 unspecified atom stereocenters. The van der Waals surface area contributed by atoms with E-state index in [1.54, 1.807) is 11.6 Å². The van der Waals surface area contributed by atoms with Crippen LogP contribution in [0, 0.1) is 13.8 Å². The van der Waals surface area contributed by atoms with E-state index in [9.17, 15) is 4.79 Å². The predicted octanol–water partition coefficient (Wildman–Crippen LogP) is 4.99. The zero-order valence-electron chi connectivity index (χ0n) is 14.4. The van der Waals surface area contributed by atoms with Crippen LogP contribution in [0.15, 0.2) is 48.5 Å². The molecule has 4 nitrogen and oxygen atoms in total. The van der Waals surface area contributed by atoms with Crippen LogP contribution in [0.25, 0.3) is 16.9 Å². The van der Waals surface area contributed by atoms with Gasteiger partial charge in [0.25, 0.3) is 0 Å². The Morgan fingerprint density at radius 3 is 2.32 bits per heavy atom. The number of carbonyl (C=O) groups is 1. The monoisotopic (exact) mass is 354 g/mol. The maximum absolute atomic E-state index is 12.5. The molecule has 0 spiro atoms. The van der Waals surface area contributed by atoms with Gasteiger partial charge in [0.15, 0.2) is 5.69 Å². The molecule has 0 aliphatic rings. The molecular weight excluding hydrogens is 336 g/mol. The number of halogens is 1. The van der Waals surface area contributed by atoms with E-state index in [0.29, 0.717) is 17.3 Å². The Morgan fingerprint density at radius 1 is 1.08 bits per heavy atom. The van der Waals surface area contributed by atoms with Gasteiger partial charge in [-0.3, -0.25) is 0 Å². The van der Waals surface area contributed by atoms with E-state index in [0.717, 1.165) is 28.1 Å². The molecule has 0 atom stereocenters. The quantitative estimate of drug-likeness (QED) is 0.620. The highest BCUT2D eigenvalue weighted by Crippen LogP contribution is 2.28. The third-order valence-electron chi connectivity index (χ3n) is 3.99. The molecule has 1 heterocycles. The first kappa shape index (κ1) is 17.2. The minimum absolute atomic E-state index is 0.313. The summed E-state index contributed by atoms with van der Waals surface area (Å²) in [6.45, 7) is 6.00. The highest BCUT2D eigenvalue weighted by Gasteiger charge is 2.23. The first-order valence-electron chi connectivity index (χ1n) is 8.11. The molecule has 25 heavy (non-hydrogen) atoms. The van der Waals surface area contributed by atoms with Gasteiger partial charge in [-0.15, -0.1) is 0 Å². The smallest absolute Gasteiger partial charge is 0.357 e. The Balaban J connectivity index is 2.18. The van der Waals surface area contributed by atoms with Crippen LogP contribution in [0.3, 0.4) is 0 Å². The largest absolute Gasteiger partial charge is 0.461 e. The van der Waals surface area contributed by atoms with Crippen molar-refractivity contribution < 1.29 is 9.53 Å². The average molecular weight is 355 g/mol. The van der Waals surface area contributed by atoms with Crippen molar-refractivity contribution in [2.24, 2.45) is 0 Å². The third kappa shape index (κ3) is 3.44. The summed E-state index contributed by atoms with van der Waals surface area (Å²) in [5, 5.41) is 5.34. The Labute approximate surface area is 152 Å². The summed E-state index contributed by atoms with van der Waals surface area (Å²) < 4.78 is 6.89. The molecule has 0 radical (unpaired) electrons. The van der Waals surface area contributed by atoms with Crippen LogP contribution in [-0.2, 0) is 4.74 Å². The Morgan fingerprint density at radius 2 is 1.72 bits per heavy atom. The minimum atomic E-state index is -0.381. The van der Waals surface area contributed by atoms with E-state index < -0.39 is 0 Å². The zero-order chi connectivity index (χ0) is 18.0. The maximum Gasteiger partial charge on any atom is 0.357 e. The van der Waals surface area contributed by atoms with Crippen molar-refractivity contribution in [2.75, 3.05) is 6.61 Å². The maximum atomic E-state index is 12.5. The van der Waals surface area contributed by atoms with Crippen molar-refractivity contribution in [3.05, 3.63) is 70.4 Å².